The highest BCUT2D eigenvalue weighted by Crippen LogP contribution is 2.28. The average Bonchev–Trinajstić information content (AvgIpc) is 3.72. The minimum absolute atomic E-state index is 0.0184. The number of tetrazole rings is 1. The molecule has 0 aliphatic carbocycles. The first-order valence-electron chi connectivity index (χ1n) is 12.3. The van der Waals surface area contributed by atoms with Crippen LogP contribution in [-0.2, 0) is 29.2 Å². The summed E-state index contributed by atoms with van der Waals surface area (Å²) in [6.07, 6.45) is 0. The van der Waals surface area contributed by atoms with Gasteiger partial charge in [0.1, 0.15) is 30.0 Å². The Labute approximate surface area is 232 Å². The van der Waals surface area contributed by atoms with Gasteiger partial charge in [-0.05, 0) is 71.1 Å². The van der Waals surface area contributed by atoms with E-state index in [0.717, 1.165) is 4.80 Å². The van der Waals surface area contributed by atoms with Gasteiger partial charge in [-0.1, -0.05) is 30.3 Å². The van der Waals surface area contributed by atoms with E-state index in [-0.39, 0.29) is 31.3 Å². The van der Waals surface area contributed by atoms with Gasteiger partial charge < -0.3 is 14.6 Å². The van der Waals surface area contributed by atoms with Crippen LogP contribution in [0.2, 0.25) is 0 Å². The fourth-order valence-electron chi connectivity index (χ4n) is 4.04. The zero-order chi connectivity index (χ0) is 28.1. The normalized spacial score (nSPS) is 11.8. The van der Waals surface area contributed by atoms with Crippen LogP contribution in [0.5, 0.6) is 0 Å². The molecular formula is C28H24F2N6O3S. The summed E-state index contributed by atoms with van der Waals surface area (Å²) < 4.78 is 32.5. The van der Waals surface area contributed by atoms with Crippen LogP contribution in [0, 0.1) is 18.6 Å². The van der Waals surface area contributed by atoms with E-state index in [0.29, 0.717) is 27.5 Å². The van der Waals surface area contributed by atoms with Gasteiger partial charge in [-0.25, -0.2) is 8.78 Å². The highest BCUT2D eigenvalue weighted by atomic mass is 32.1. The first-order chi connectivity index (χ1) is 19.4. The largest absolute Gasteiger partial charge is 0.458 e. The van der Waals surface area contributed by atoms with Crippen LogP contribution in [0.1, 0.15) is 27.8 Å². The first-order valence-corrected chi connectivity index (χ1v) is 13.2. The van der Waals surface area contributed by atoms with Gasteiger partial charge in [0, 0.05) is 18.0 Å². The van der Waals surface area contributed by atoms with Crippen molar-refractivity contribution in [2.75, 3.05) is 0 Å². The average molecular weight is 563 g/mol. The molecule has 0 bridgehead atoms. The predicted molar refractivity (Wildman–Crippen MR) is 143 cm³/mol. The Hall–Kier alpha value is -4.71. The van der Waals surface area contributed by atoms with Crippen molar-refractivity contribution in [3.8, 4) is 11.6 Å². The van der Waals surface area contributed by atoms with E-state index < -0.39 is 23.7 Å². The number of hydrogen-bond acceptors (Lipinski definition) is 7. The lowest BCUT2D eigenvalue weighted by atomic mass is 10.1. The van der Waals surface area contributed by atoms with Crippen LogP contribution < -0.4 is 5.32 Å². The van der Waals surface area contributed by atoms with Crippen LogP contribution in [0.25, 0.3) is 11.6 Å². The maximum atomic E-state index is 13.8. The Balaban J connectivity index is 1.42. The summed E-state index contributed by atoms with van der Waals surface area (Å²) in [4.78, 5) is 30.6. The van der Waals surface area contributed by atoms with E-state index in [1.54, 1.807) is 55.5 Å². The van der Waals surface area contributed by atoms with Gasteiger partial charge in [-0.2, -0.15) is 4.80 Å². The quantitative estimate of drug-likeness (QED) is 0.265. The van der Waals surface area contributed by atoms with Crippen LogP contribution >= 0.6 is 11.3 Å². The molecule has 2 amide bonds. The number of aryl methyl sites for hydroxylation is 1. The zero-order valence-corrected chi connectivity index (χ0v) is 22.1. The molecule has 0 radical (unpaired) electrons. The highest BCUT2D eigenvalue weighted by molar-refractivity contribution is 7.10. The number of furan rings is 1. The second-order valence-corrected chi connectivity index (χ2v) is 9.94. The third kappa shape index (κ3) is 6.46. The molecule has 1 N–H and O–H groups in total. The first kappa shape index (κ1) is 26.9. The zero-order valence-electron chi connectivity index (χ0n) is 21.3. The maximum absolute atomic E-state index is 13.8. The lowest BCUT2D eigenvalue weighted by Gasteiger charge is -2.30. The molecule has 3 aromatic heterocycles. The number of rotatable bonds is 10. The lowest BCUT2D eigenvalue weighted by molar-refractivity contribution is -0.142. The summed E-state index contributed by atoms with van der Waals surface area (Å²) in [5, 5.41) is 16.9. The molecule has 5 aromatic rings. The number of benzene rings is 2. The molecule has 0 aliphatic heterocycles. The fourth-order valence-corrected chi connectivity index (χ4v) is 4.88. The Morgan fingerprint density at radius 3 is 2.33 bits per heavy atom. The number of carbonyl (C=O) groups is 2. The van der Waals surface area contributed by atoms with E-state index in [4.69, 9.17) is 4.42 Å². The van der Waals surface area contributed by atoms with Crippen molar-refractivity contribution in [2.24, 2.45) is 0 Å². The molecule has 0 saturated carbocycles. The van der Waals surface area contributed by atoms with E-state index in [1.165, 1.54) is 40.5 Å². The summed E-state index contributed by atoms with van der Waals surface area (Å²) in [5.74, 6) is -0.373. The molecule has 40 heavy (non-hydrogen) atoms. The smallest absolute Gasteiger partial charge is 0.248 e. The summed E-state index contributed by atoms with van der Waals surface area (Å²) in [5.41, 5.74) is 1.32. The Kier molecular flexibility index (Phi) is 8.06. The van der Waals surface area contributed by atoms with Crippen molar-refractivity contribution in [3.05, 3.63) is 112 Å². The van der Waals surface area contributed by atoms with Crippen molar-refractivity contribution < 1.29 is 22.8 Å². The third-order valence-electron chi connectivity index (χ3n) is 6.03. The second kappa shape index (κ2) is 12.0. The van der Waals surface area contributed by atoms with Crippen molar-refractivity contribution in [2.45, 2.75) is 32.6 Å². The Morgan fingerprint density at radius 2 is 1.70 bits per heavy atom. The summed E-state index contributed by atoms with van der Waals surface area (Å²) in [6, 6.07) is 17.5. The van der Waals surface area contributed by atoms with Gasteiger partial charge in [-0.15, -0.1) is 21.5 Å². The van der Waals surface area contributed by atoms with Crippen molar-refractivity contribution in [1.29, 1.82) is 0 Å². The van der Waals surface area contributed by atoms with Gasteiger partial charge in [0.2, 0.25) is 17.6 Å². The minimum atomic E-state index is -1.01. The molecule has 9 nitrogen and oxygen atoms in total. The lowest BCUT2D eigenvalue weighted by Crippen LogP contribution is -2.44. The standard InChI is InChI=1S/C28H24F2N6O3S/c1-18-4-13-23(39-18)27-32-34-36(33-27)17-25(37)35(16-20-7-11-22(30)12-8-20)26(24-3-2-14-40-24)28(38)31-15-19-5-9-21(29)10-6-19/h2-14,26H,15-17H2,1H3,(H,31,38)/t26-/m1/s1. The topological polar surface area (TPSA) is 106 Å². The number of carbonyl (C=O) groups excluding carboxylic acids is 2. The molecule has 3 heterocycles. The molecule has 0 fully saturated rings. The van der Waals surface area contributed by atoms with E-state index in [1.807, 2.05) is 5.38 Å². The molecular weight excluding hydrogens is 538 g/mol. The molecule has 0 aliphatic rings. The highest BCUT2D eigenvalue weighted by Gasteiger charge is 2.33. The van der Waals surface area contributed by atoms with E-state index in [2.05, 4.69) is 20.7 Å². The van der Waals surface area contributed by atoms with E-state index >= 15 is 0 Å². The van der Waals surface area contributed by atoms with Crippen molar-refractivity contribution in [1.82, 2.24) is 30.4 Å². The number of thiophene rings is 1. The van der Waals surface area contributed by atoms with E-state index in [9.17, 15) is 18.4 Å². The number of amides is 2. The molecule has 0 unspecified atom stereocenters. The summed E-state index contributed by atoms with van der Waals surface area (Å²) >= 11 is 1.32. The molecule has 5 rings (SSSR count). The Morgan fingerprint density at radius 1 is 1.00 bits per heavy atom. The molecule has 0 saturated heterocycles. The SMILES string of the molecule is Cc1ccc(-c2nnn(CC(=O)N(Cc3ccc(F)cc3)[C@@H](C(=O)NCc3ccc(F)cc3)c3cccs3)n2)o1. The van der Waals surface area contributed by atoms with Crippen LogP contribution in [0.3, 0.4) is 0 Å². The number of halogens is 2. The van der Waals surface area contributed by atoms with Crippen LogP contribution in [0.15, 0.2) is 82.6 Å². The van der Waals surface area contributed by atoms with Gasteiger partial charge in [-0.3, -0.25) is 9.59 Å². The van der Waals surface area contributed by atoms with Gasteiger partial charge >= 0.3 is 0 Å². The van der Waals surface area contributed by atoms with Gasteiger partial charge in [0.15, 0.2) is 5.76 Å². The summed E-state index contributed by atoms with van der Waals surface area (Å²) in [6.45, 7) is 1.64. The van der Waals surface area contributed by atoms with Gasteiger partial charge in [0.05, 0.1) is 0 Å². The molecule has 204 valence electrons. The number of nitrogens with zero attached hydrogens (tertiary/aromatic N) is 5. The number of aromatic nitrogens is 4. The molecule has 12 heteroatoms. The Bertz CT molecular complexity index is 1580. The monoisotopic (exact) mass is 562 g/mol. The molecule has 0 spiro atoms. The fraction of sp³-hybridized carbons (Fsp3) is 0.179. The van der Waals surface area contributed by atoms with Crippen molar-refractivity contribution >= 4 is 23.2 Å². The van der Waals surface area contributed by atoms with Crippen LogP contribution in [0.4, 0.5) is 8.78 Å². The molecule has 1 atom stereocenters. The molecule has 2 aromatic carbocycles. The number of nitrogens with one attached hydrogen (secondary N) is 1. The van der Waals surface area contributed by atoms with Crippen LogP contribution in [-0.4, -0.2) is 36.9 Å². The maximum Gasteiger partial charge on any atom is 0.248 e. The second-order valence-electron chi connectivity index (χ2n) is 8.96. The minimum Gasteiger partial charge on any atom is -0.458 e. The van der Waals surface area contributed by atoms with Gasteiger partial charge in [0.25, 0.3) is 0 Å². The van der Waals surface area contributed by atoms with Crippen molar-refractivity contribution in [3.63, 3.8) is 0 Å². The third-order valence-corrected chi connectivity index (χ3v) is 6.95. The predicted octanol–water partition coefficient (Wildman–Crippen LogP) is 4.67. The summed E-state index contributed by atoms with van der Waals surface area (Å²) in [7, 11) is 0. The number of hydrogen-bond donors (Lipinski definition) is 1.